The average Bonchev–Trinajstić information content (AvgIpc) is 2.81. The fourth-order valence-corrected chi connectivity index (χ4v) is 3.94. The molecule has 0 aromatic carbocycles. The highest BCUT2D eigenvalue weighted by atomic mass is 35.5. The molecule has 0 N–H and O–H groups in total. The highest BCUT2D eigenvalue weighted by Gasteiger charge is 2.22. The van der Waals surface area contributed by atoms with Gasteiger partial charge in [-0.3, -0.25) is 14.7 Å². The van der Waals surface area contributed by atoms with Crippen LogP contribution in [-0.2, 0) is 6.54 Å². The van der Waals surface area contributed by atoms with Gasteiger partial charge in [-0.25, -0.2) is 0 Å². The van der Waals surface area contributed by atoms with Gasteiger partial charge in [-0.15, -0.1) is 11.3 Å². The normalized spacial score (nSPS) is 16.3. The minimum absolute atomic E-state index is 0.0560. The summed E-state index contributed by atoms with van der Waals surface area (Å²) in [5.74, 6) is 0.0560. The number of rotatable bonds is 3. The highest BCUT2D eigenvalue weighted by molar-refractivity contribution is 7.12. The SMILES string of the molecule is Cc1cccc(CN2CCCN(C(=O)c3sccc3Cl)CC2)n1. The molecule has 0 atom stereocenters. The van der Waals surface area contributed by atoms with Crippen LogP contribution in [0.3, 0.4) is 0 Å². The lowest BCUT2D eigenvalue weighted by Crippen LogP contribution is -2.34. The summed E-state index contributed by atoms with van der Waals surface area (Å²) in [5.41, 5.74) is 2.13. The number of aryl methyl sites for hydroxylation is 1. The molecular formula is C17H20ClN3OS. The monoisotopic (exact) mass is 349 g/mol. The van der Waals surface area contributed by atoms with E-state index in [2.05, 4.69) is 16.0 Å². The van der Waals surface area contributed by atoms with Crippen molar-refractivity contribution in [2.45, 2.75) is 19.9 Å². The first-order chi connectivity index (χ1) is 11.1. The quantitative estimate of drug-likeness (QED) is 0.851. The third kappa shape index (κ3) is 4.10. The second-order valence-corrected chi connectivity index (χ2v) is 7.11. The van der Waals surface area contributed by atoms with Crippen LogP contribution in [0.5, 0.6) is 0 Å². The molecule has 0 bridgehead atoms. The van der Waals surface area contributed by atoms with Crippen LogP contribution >= 0.6 is 22.9 Å². The summed E-state index contributed by atoms with van der Waals surface area (Å²) in [4.78, 5) is 22.1. The molecule has 4 nitrogen and oxygen atoms in total. The smallest absolute Gasteiger partial charge is 0.265 e. The van der Waals surface area contributed by atoms with Gasteiger partial charge in [0.2, 0.25) is 0 Å². The summed E-state index contributed by atoms with van der Waals surface area (Å²) in [6, 6.07) is 7.90. The Labute approximate surface area is 145 Å². The molecule has 122 valence electrons. The Balaban J connectivity index is 1.61. The van der Waals surface area contributed by atoms with E-state index >= 15 is 0 Å². The first-order valence-corrected chi connectivity index (χ1v) is 9.06. The average molecular weight is 350 g/mol. The molecule has 1 aliphatic rings. The first-order valence-electron chi connectivity index (χ1n) is 7.80. The third-order valence-corrected chi connectivity index (χ3v) is 5.35. The Morgan fingerprint density at radius 3 is 2.87 bits per heavy atom. The molecule has 2 aromatic heterocycles. The van der Waals surface area contributed by atoms with Crippen molar-refractivity contribution in [3.05, 3.63) is 50.9 Å². The van der Waals surface area contributed by atoms with E-state index in [-0.39, 0.29) is 5.91 Å². The summed E-state index contributed by atoms with van der Waals surface area (Å²) in [6.07, 6.45) is 0.973. The Kier molecular flexibility index (Phi) is 5.30. The van der Waals surface area contributed by atoms with Gasteiger partial charge in [0.1, 0.15) is 4.88 Å². The van der Waals surface area contributed by atoms with E-state index in [0.717, 1.165) is 50.5 Å². The summed E-state index contributed by atoms with van der Waals surface area (Å²) in [7, 11) is 0. The molecule has 1 saturated heterocycles. The number of pyridine rings is 1. The van der Waals surface area contributed by atoms with Crippen LogP contribution < -0.4 is 0 Å². The second kappa shape index (κ2) is 7.43. The molecule has 1 fully saturated rings. The van der Waals surface area contributed by atoms with E-state index in [1.807, 2.05) is 29.3 Å². The highest BCUT2D eigenvalue weighted by Crippen LogP contribution is 2.24. The number of nitrogens with zero attached hydrogens (tertiary/aromatic N) is 3. The molecule has 2 aromatic rings. The topological polar surface area (TPSA) is 36.4 Å². The largest absolute Gasteiger partial charge is 0.337 e. The zero-order chi connectivity index (χ0) is 16.2. The molecule has 6 heteroatoms. The molecule has 1 aliphatic heterocycles. The zero-order valence-corrected chi connectivity index (χ0v) is 14.7. The van der Waals surface area contributed by atoms with Crippen molar-refractivity contribution in [1.29, 1.82) is 0 Å². The molecule has 3 rings (SSSR count). The lowest BCUT2D eigenvalue weighted by atomic mass is 10.3. The van der Waals surface area contributed by atoms with Gasteiger partial charge in [0, 0.05) is 38.4 Å². The lowest BCUT2D eigenvalue weighted by Gasteiger charge is -2.21. The minimum atomic E-state index is 0.0560. The standard InChI is InChI=1S/C17H20ClN3OS/c1-13-4-2-5-14(19-13)12-20-7-3-8-21(10-9-20)17(22)16-15(18)6-11-23-16/h2,4-6,11H,3,7-10,12H2,1H3. The first kappa shape index (κ1) is 16.4. The van der Waals surface area contributed by atoms with Crippen LogP contribution in [0.15, 0.2) is 29.6 Å². The number of hydrogen-bond donors (Lipinski definition) is 0. The van der Waals surface area contributed by atoms with Crippen molar-refractivity contribution in [3.8, 4) is 0 Å². The van der Waals surface area contributed by atoms with Crippen molar-refractivity contribution in [3.63, 3.8) is 0 Å². The number of amides is 1. The number of halogens is 1. The van der Waals surface area contributed by atoms with Gasteiger partial charge in [0.05, 0.1) is 10.7 Å². The van der Waals surface area contributed by atoms with E-state index in [4.69, 9.17) is 11.6 Å². The van der Waals surface area contributed by atoms with E-state index in [9.17, 15) is 4.79 Å². The molecule has 0 radical (unpaired) electrons. The van der Waals surface area contributed by atoms with Crippen LogP contribution in [0.1, 0.15) is 27.5 Å². The van der Waals surface area contributed by atoms with Crippen LogP contribution in [0, 0.1) is 6.92 Å². The van der Waals surface area contributed by atoms with Gasteiger partial charge in [-0.05, 0) is 36.9 Å². The number of hydrogen-bond acceptors (Lipinski definition) is 4. The van der Waals surface area contributed by atoms with Gasteiger partial charge < -0.3 is 4.90 Å². The Hall–Kier alpha value is -1.43. The van der Waals surface area contributed by atoms with Gasteiger partial charge in [0.15, 0.2) is 0 Å². The fourth-order valence-electron chi connectivity index (χ4n) is 2.84. The van der Waals surface area contributed by atoms with Crippen LogP contribution in [-0.4, -0.2) is 46.9 Å². The summed E-state index contributed by atoms with van der Waals surface area (Å²) in [5, 5.41) is 2.42. The van der Waals surface area contributed by atoms with Crippen LogP contribution in [0.25, 0.3) is 0 Å². The maximum Gasteiger partial charge on any atom is 0.265 e. The van der Waals surface area contributed by atoms with Crippen molar-refractivity contribution < 1.29 is 4.79 Å². The molecule has 23 heavy (non-hydrogen) atoms. The number of aromatic nitrogens is 1. The van der Waals surface area contributed by atoms with Gasteiger partial charge in [-0.1, -0.05) is 17.7 Å². The Bertz CT molecular complexity index is 688. The van der Waals surface area contributed by atoms with Gasteiger partial charge in [0.25, 0.3) is 5.91 Å². The van der Waals surface area contributed by atoms with E-state index in [0.29, 0.717) is 9.90 Å². The number of carbonyl (C=O) groups excluding carboxylic acids is 1. The third-order valence-electron chi connectivity index (χ3n) is 4.02. The Morgan fingerprint density at radius 2 is 2.13 bits per heavy atom. The van der Waals surface area contributed by atoms with E-state index < -0.39 is 0 Å². The fraction of sp³-hybridized carbons (Fsp3) is 0.412. The molecule has 1 amide bonds. The van der Waals surface area contributed by atoms with E-state index in [1.54, 1.807) is 6.07 Å². The number of carbonyl (C=O) groups is 1. The van der Waals surface area contributed by atoms with Crippen LogP contribution in [0.4, 0.5) is 0 Å². The summed E-state index contributed by atoms with van der Waals surface area (Å²) >= 11 is 7.51. The molecule has 3 heterocycles. The minimum Gasteiger partial charge on any atom is -0.337 e. The second-order valence-electron chi connectivity index (χ2n) is 5.79. The molecule has 0 unspecified atom stereocenters. The molecular weight excluding hydrogens is 330 g/mol. The van der Waals surface area contributed by atoms with Crippen molar-refractivity contribution >= 4 is 28.8 Å². The van der Waals surface area contributed by atoms with Crippen molar-refractivity contribution in [2.24, 2.45) is 0 Å². The van der Waals surface area contributed by atoms with Gasteiger partial charge in [-0.2, -0.15) is 0 Å². The van der Waals surface area contributed by atoms with Crippen LogP contribution in [0.2, 0.25) is 5.02 Å². The predicted molar refractivity (Wildman–Crippen MR) is 94.1 cm³/mol. The molecule has 0 spiro atoms. The van der Waals surface area contributed by atoms with Crippen molar-refractivity contribution in [1.82, 2.24) is 14.8 Å². The Morgan fingerprint density at radius 1 is 1.26 bits per heavy atom. The molecule has 0 saturated carbocycles. The van der Waals surface area contributed by atoms with Crippen molar-refractivity contribution in [2.75, 3.05) is 26.2 Å². The number of thiophene rings is 1. The summed E-state index contributed by atoms with van der Waals surface area (Å²) < 4.78 is 0. The van der Waals surface area contributed by atoms with E-state index in [1.165, 1.54) is 11.3 Å². The summed E-state index contributed by atoms with van der Waals surface area (Å²) in [6.45, 7) is 6.21. The van der Waals surface area contributed by atoms with Gasteiger partial charge >= 0.3 is 0 Å². The molecule has 0 aliphatic carbocycles. The maximum absolute atomic E-state index is 12.6. The lowest BCUT2D eigenvalue weighted by molar-refractivity contribution is 0.0766. The predicted octanol–water partition coefficient (Wildman–Crippen LogP) is 3.45. The zero-order valence-electron chi connectivity index (χ0n) is 13.2. The maximum atomic E-state index is 12.6.